The molecule has 0 radical (unpaired) electrons. The molecule has 2 fully saturated rings. The van der Waals surface area contributed by atoms with Crippen molar-refractivity contribution in [3.8, 4) is 0 Å². The number of hydrogen-bond donors (Lipinski definition) is 2. The molecule has 120 valence electrons. The highest BCUT2D eigenvalue weighted by atomic mass is 16.3. The highest BCUT2D eigenvalue weighted by Gasteiger charge is 2.35. The third kappa shape index (κ3) is 3.04. The fraction of sp³-hybridized carbons (Fsp3) is 0.588. The van der Waals surface area contributed by atoms with E-state index in [2.05, 4.69) is 29.3 Å². The predicted molar refractivity (Wildman–Crippen MR) is 87.0 cm³/mol. The van der Waals surface area contributed by atoms with E-state index in [1.54, 1.807) is 4.90 Å². The van der Waals surface area contributed by atoms with E-state index in [4.69, 9.17) is 0 Å². The molecule has 5 heteroatoms. The Balaban J connectivity index is 1.55. The maximum Gasteiger partial charge on any atom is 0.318 e. The molecular formula is C17H25N3O2. The zero-order valence-electron chi connectivity index (χ0n) is 13.1. The Hall–Kier alpha value is -1.75. The van der Waals surface area contributed by atoms with Crippen LogP contribution in [0.1, 0.15) is 19.8 Å². The SMILES string of the molecule is C[C@@H]1CCN(C(=O)N[C@H]2CCN(c3ccccc3)C2)[C@@H]1CO. The van der Waals surface area contributed by atoms with Gasteiger partial charge in [-0.3, -0.25) is 0 Å². The summed E-state index contributed by atoms with van der Waals surface area (Å²) in [6, 6.07) is 10.4. The summed E-state index contributed by atoms with van der Waals surface area (Å²) >= 11 is 0. The fourth-order valence-electron chi connectivity index (χ4n) is 3.55. The first-order valence-electron chi connectivity index (χ1n) is 8.17. The smallest absolute Gasteiger partial charge is 0.318 e. The van der Waals surface area contributed by atoms with Crippen molar-refractivity contribution >= 4 is 11.7 Å². The summed E-state index contributed by atoms with van der Waals surface area (Å²) in [6.45, 7) is 4.71. The number of aliphatic hydroxyl groups excluding tert-OH is 1. The Bertz CT molecular complexity index is 508. The number of carbonyl (C=O) groups is 1. The number of aliphatic hydroxyl groups is 1. The second-order valence-electron chi connectivity index (χ2n) is 6.43. The van der Waals surface area contributed by atoms with Crippen LogP contribution in [0, 0.1) is 5.92 Å². The van der Waals surface area contributed by atoms with Crippen LogP contribution in [0.2, 0.25) is 0 Å². The number of hydrogen-bond acceptors (Lipinski definition) is 3. The van der Waals surface area contributed by atoms with E-state index in [1.165, 1.54) is 5.69 Å². The molecule has 3 rings (SSSR count). The molecule has 1 aromatic carbocycles. The minimum atomic E-state index is -0.0355. The minimum Gasteiger partial charge on any atom is -0.394 e. The highest BCUT2D eigenvalue weighted by Crippen LogP contribution is 2.24. The second-order valence-corrected chi connectivity index (χ2v) is 6.43. The average Bonchev–Trinajstić information content (AvgIpc) is 3.14. The summed E-state index contributed by atoms with van der Waals surface area (Å²) in [5.41, 5.74) is 1.21. The number of amides is 2. The van der Waals surface area contributed by atoms with E-state index in [-0.39, 0.29) is 24.7 Å². The van der Waals surface area contributed by atoms with Crippen LogP contribution in [-0.4, -0.2) is 54.4 Å². The summed E-state index contributed by atoms with van der Waals surface area (Å²) in [7, 11) is 0. The van der Waals surface area contributed by atoms with Crippen molar-refractivity contribution in [1.82, 2.24) is 10.2 Å². The molecule has 0 aliphatic carbocycles. The van der Waals surface area contributed by atoms with Crippen LogP contribution in [0.15, 0.2) is 30.3 Å². The van der Waals surface area contributed by atoms with Gasteiger partial charge in [-0.2, -0.15) is 0 Å². The fourth-order valence-corrected chi connectivity index (χ4v) is 3.55. The lowest BCUT2D eigenvalue weighted by Gasteiger charge is -2.27. The lowest BCUT2D eigenvalue weighted by molar-refractivity contribution is 0.142. The van der Waals surface area contributed by atoms with Crippen molar-refractivity contribution in [2.45, 2.75) is 31.8 Å². The van der Waals surface area contributed by atoms with Gasteiger partial charge in [-0.1, -0.05) is 25.1 Å². The number of urea groups is 1. The number of rotatable bonds is 3. The zero-order valence-corrected chi connectivity index (χ0v) is 13.1. The highest BCUT2D eigenvalue weighted by molar-refractivity contribution is 5.75. The van der Waals surface area contributed by atoms with Gasteiger partial charge in [0.05, 0.1) is 12.6 Å². The van der Waals surface area contributed by atoms with Gasteiger partial charge in [0.2, 0.25) is 0 Å². The van der Waals surface area contributed by atoms with Crippen molar-refractivity contribution in [3.05, 3.63) is 30.3 Å². The Kier molecular flexibility index (Phi) is 4.52. The number of anilines is 1. The Morgan fingerprint density at radius 2 is 2.05 bits per heavy atom. The van der Waals surface area contributed by atoms with Crippen LogP contribution in [-0.2, 0) is 0 Å². The third-order valence-electron chi connectivity index (χ3n) is 4.97. The summed E-state index contributed by atoms with van der Waals surface area (Å²) in [5, 5.41) is 12.6. The summed E-state index contributed by atoms with van der Waals surface area (Å²) in [6.07, 6.45) is 1.94. The van der Waals surface area contributed by atoms with Crippen LogP contribution in [0.25, 0.3) is 0 Å². The summed E-state index contributed by atoms with van der Waals surface area (Å²) < 4.78 is 0. The van der Waals surface area contributed by atoms with Gasteiger partial charge < -0.3 is 20.2 Å². The van der Waals surface area contributed by atoms with E-state index >= 15 is 0 Å². The van der Waals surface area contributed by atoms with Crippen LogP contribution in [0.4, 0.5) is 10.5 Å². The predicted octanol–water partition coefficient (Wildman–Crippen LogP) is 1.68. The van der Waals surface area contributed by atoms with Gasteiger partial charge in [0.1, 0.15) is 0 Å². The molecule has 2 heterocycles. The summed E-state index contributed by atoms with van der Waals surface area (Å²) in [5.74, 6) is 0.375. The Morgan fingerprint density at radius 3 is 2.77 bits per heavy atom. The van der Waals surface area contributed by atoms with Crippen LogP contribution < -0.4 is 10.2 Å². The van der Waals surface area contributed by atoms with E-state index in [0.29, 0.717) is 5.92 Å². The molecule has 1 aromatic rings. The number of benzene rings is 1. The molecule has 0 saturated carbocycles. The van der Waals surface area contributed by atoms with Crippen LogP contribution in [0.3, 0.4) is 0 Å². The molecule has 2 aliphatic rings. The van der Waals surface area contributed by atoms with Gasteiger partial charge in [-0.05, 0) is 30.9 Å². The molecule has 5 nitrogen and oxygen atoms in total. The number of nitrogens with one attached hydrogen (secondary N) is 1. The number of carbonyl (C=O) groups excluding carboxylic acids is 1. The van der Waals surface area contributed by atoms with Gasteiger partial charge in [0.15, 0.2) is 0 Å². The van der Waals surface area contributed by atoms with E-state index in [9.17, 15) is 9.90 Å². The van der Waals surface area contributed by atoms with Gasteiger partial charge in [-0.15, -0.1) is 0 Å². The van der Waals surface area contributed by atoms with Crippen molar-refractivity contribution in [2.24, 2.45) is 5.92 Å². The van der Waals surface area contributed by atoms with Crippen LogP contribution >= 0.6 is 0 Å². The molecule has 2 saturated heterocycles. The first kappa shape index (κ1) is 15.2. The number of likely N-dealkylation sites (tertiary alicyclic amines) is 1. The van der Waals surface area contributed by atoms with Gasteiger partial charge in [0.25, 0.3) is 0 Å². The monoisotopic (exact) mass is 303 g/mol. The molecule has 0 bridgehead atoms. The largest absolute Gasteiger partial charge is 0.394 e. The van der Waals surface area contributed by atoms with Gasteiger partial charge in [0, 0.05) is 31.4 Å². The molecule has 22 heavy (non-hydrogen) atoms. The molecule has 2 N–H and O–H groups in total. The zero-order chi connectivity index (χ0) is 15.5. The maximum atomic E-state index is 12.4. The quantitative estimate of drug-likeness (QED) is 0.893. The Labute approximate surface area is 131 Å². The topological polar surface area (TPSA) is 55.8 Å². The first-order chi connectivity index (χ1) is 10.7. The number of para-hydroxylation sites is 1. The molecule has 0 spiro atoms. The minimum absolute atomic E-state index is 0.0247. The molecule has 2 amide bonds. The molecular weight excluding hydrogens is 278 g/mol. The van der Waals surface area contributed by atoms with Gasteiger partial charge in [-0.25, -0.2) is 4.79 Å². The van der Waals surface area contributed by atoms with Crippen molar-refractivity contribution in [1.29, 1.82) is 0 Å². The van der Waals surface area contributed by atoms with Crippen LogP contribution in [0.5, 0.6) is 0 Å². The van der Waals surface area contributed by atoms with E-state index in [0.717, 1.165) is 32.5 Å². The van der Waals surface area contributed by atoms with E-state index < -0.39 is 0 Å². The average molecular weight is 303 g/mol. The maximum absolute atomic E-state index is 12.4. The Morgan fingerprint density at radius 1 is 1.27 bits per heavy atom. The molecule has 2 aliphatic heterocycles. The lowest BCUT2D eigenvalue weighted by atomic mass is 10.0. The standard InChI is InChI=1S/C17H25N3O2/c1-13-7-10-20(16(13)12-21)17(22)18-14-8-9-19(11-14)15-5-3-2-4-6-15/h2-6,13-14,16,21H,7-12H2,1H3,(H,18,22)/t13-,14+,16-/m1/s1. The normalized spacial score (nSPS) is 28.2. The van der Waals surface area contributed by atoms with Crippen molar-refractivity contribution in [2.75, 3.05) is 31.1 Å². The van der Waals surface area contributed by atoms with E-state index in [1.807, 2.05) is 18.2 Å². The summed E-state index contributed by atoms with van der Waals surface area (Å²) in [4.78, 5) is 16.6. The number of nitrogens with zero attached hydrogens (tertiary/aromatic N) is 2. The van der Waals surface area contributed by atoms with Gasteiger partial charge >= 0.3 is 6.03 Å². The third-order valence-corrected chi connectivity index (χ3v) is 4.97. The molecule has 0 aromatic heterocycles. The molecule has 0 unspecified atom stereocenters. The first-order valence-corrected chi connectivity index (χ1v) is 8.17. The second kappa shape index (κ2) is 6.57. The lowest BCUT2D eigenvalue weighted by Crippen LogP contribution is -2.49. The van der Waals surface area contributed by atoms with Crippen molar-refractivity contribution < 1.29 is 9.90 Å². The van der Waals surface area contributed by atoms with Crippen molar-refractivity contribution in [3.63, 3.8) is 0 Å². The molecule has 3 atom stereocenters.